The lowest BCUT2D eigenvalue weighted by atomic mass is 9.83. The van der Waals surface area contributed by atoms with Crippen molar-refractivity contribution in [1.82, 2.24) is 0 Å². The molecule has 2 atom stereocenters. The Balaban J connectivity index is 2.70. The maximum absolute atomic E-state index is 6.56. The van der Waals surface area contributed by atoms with Gasteiger partial charge < -0.3 is 0 Å². The van der Waals surface area contributed by atoms with Crippen molar-refractivity contribution in [3.8, 4) is 0 Å². The second-order valence-corrected chi connectivity index (χ2v) is 8.54. The number of halogens is 3. The van der Waals surface area contributed by atoms with Crippen molar-refractivity contribution in [2.24, 2.45) is 11.3 Å². The zero-order valence-electron chi connectivity index (χ0n) is 11.4. The molecular formula is C15H21Br2Cl. The zero-order chi connectivity index (χ0) is 13.9. The van der Waals surface area contributed by atoms with E-state index in [0.717, 1.165) is 15.4 Å². The van der Waals surface area contributed by atoms with Gasteiger partial charge in [-0.3, -0.25) is 0 Å². The Morgan fingerprint density at radius 3 is 2.39 bits per heavy atom. The molecule has 1 aromatic rings. The topological polar surface area (TPSA) is 0 Å². The van der Waals surface area contributed by atoms with Crippen LogP contribution >= 0.6 is 43.5 Å². The summed E-state index contributed by atoms with van der Waals surface area (Å²) < 4.78 is 2.17. The summed E-state index contributed by atoms with van der Waals surface area (Å²) in [6.07, 6.45) is 2.20. The molecule has 0 bridgehead atoms. The molecule has 0 aromatic heterocycles. The van der Waals surface area contributed by atoms with Gasteiger partial charge in [-0.15, -0.1) is 11.6 Å². The molecule has 0 heterocycles. The Morgan fingerprint density at radius 2 is 1.83 bits per heavy atom. The van der Waals surface area contributed by atoms with E-state index in [4.69, 9.17) is 11.6 Å². The molecule has 0 radical (unpaired) electrons. The van der Waals surface area contributed by atoms with Gasteiger partial charge in [-0.25, -0.2) is 0 Å². The van der Waals surface area contributed by atoms with Crippen LogP contribution in [-0.4, -0.2) is 0 Å². The molecule has 102 valence electrons. The highest BCUT2D eigenvalue weighted by Crippen LogP contribution is 2.37. The number of hydrogen-bond donors (Lipinski definition) is 0. The van der Waals surface area contributed by atoms with Crippen molar-refractivity contribution in [2.75, 3.05) is 0 Å². The fraction of sp³-hybridized carbons (Fsp3) is 0.600. The smallest absolute Gasteiger partial charge is 0.0599 e. The minimum atomic E-state index is 0.0641. The van der Waals surface area contributed by atoms with E-state index in [1.165, 1.54) is 12.0 Å². The molecule has 0 amide bonds. The highest BCUT2D eigenvalue weighted by atomic mass is 79.9. The second-order valence-electron chi connectivity index (χ2n) is 6.24. The monoisotopic (exact) mass is 394 g/mol. The van der Waals surface area contributed by atoms with Gasteiger partial charge in [0.2, 0.25) is 0 Å². The Bertz CT molecular complexity index is 396. The van der Waals surface area contributed by atoms with Crippen molar-refractivity contribution in [3.63, 3.8) is 0 Å². The SMILES string of the molecule is CC(CC(Cl)c1cc(Br)ccc1Br)CC(C)(C)C. The Kier molecular flexibility index (Phi) is 6.21. The van der Waals surface area contributed by atoms with Gasteiger partial charge in [0.25, 0.3) is 0 Å². The largest absolute Gasteiger partial charge is 0.118 e. The first-order valence-electron chi connectivity index (χ1n) is 6.28. The Labute approximate surface area is 133 Å². The van der Waals surface area contributed by atoms with Crippen molar-refractivity contribution >= 4 is 43.5 Å². The predicted octanol–water partition coefficient (Wildman–Crippen LogP) is 6.95. The number of alkyl halides is 1. The highest BCUT2D eigenvalue weighted by Gasteiger charge is 2.20. The van der Waals surface area contributed by atoms with E-state index in [0.29, 0.717) is 11.3 Å². The number of rotatable bonds is 4. The van der Waals surface area contributed by atoms with Gasteiger partial charge in [0, 0.05) is 8.95 Å². The van der Waals surface area contributed by atoms with Gasteiger partial charge in [0.15, 0.2) is 0 Å². The molecule has 0 aliphatic carbocycles. The summed E-state index contributed by atoms with van der Waals surface area (Å²) in [4.78, 5) is 0. The van der Waals surface area contributed by atoms with Crippen LogP contribution in [0.2, 0.25) is 0 Å². The molecule has 0 saturated heterocycles. The molecule has 3 heteroatoms. The van der Waals surface area contributed by atoms with E-state index in [1.54, 1.807) is 0 Å². The number of hydrogen-bond acceptors (Lipinski definition) is 0. The maximum atomic E-state index is 6.56. The van der Waals surface area contributed by atoms with E-state index in [1.807, 2.05) is 12.1 Å². The predicted molar refractivity (Wildman–Crippen MR) is 88.3 cm³/mol. The van der Waals surface area contributed by atoms with Gasteiger partial charge in [-0.1, -0.05) is 59.6 Å². The minimum Gasteiger partial charge on any atom is -0.118 e. The molecular weight excluding hydrogens is 375 g/mol. The molecule has 0 fully saturated rings. The third-order valence-electron chi connectivity index (χ3n) is 2.87. The molecule has 0 N–H and O–H groups in total. The van der Waals surface area contributed by atoms with Gasteiger partial charge in [0.1, 0.15) is 0 Å². The second kappa shape index (κ2) is 6.76. The van der Waals surface area contributed by atoms with Crippen LogP contribution in [-0.2, 0) is 0 Å². The van der Waals surface area contributed by atoms with Crippen LogP contribution in [0.4, 0.5) is 0 Å². The van der Waals surface area contributed by atoms with Crippen LogP contribution in [0.25, 0.3) is 0 Å². The van der Waals surface area contributed by atoms with Gasteiger partial charge in [-0.05, 0) is 47.9 Å². The lowest BCUT2D eigenvalue weighted by Crippen LogP contribution is -2.12. The molecule has 0 saturated carbocycles. The first kappa shape index (κ1) is 16.5. The molecule has 2 unspecified atom stereocenters. The van der Waals surface area contributed by atoms with E-state index in [2.05, 4.69) is 65.6 Å². The van der Waals surface area contributed by atoms with Crippen molar-refractivity contribution in [2.45, 2.75) is 45.9 Å². The highest BCUT2D eigenvalue weighted by molar-refractivity contribution is 9.11. The van der Waals surface area contributed by atoms with Crippen LogP contribution in [0.5, 0.6) is 0 Å². The molecule has 0 aliphatic rings. The van der Waals surface area contributed by atoms with Crippen LogP contribution in [0.3, 0.4) is 0 Å². The number of benzene rings is 1. The maximum Gasteiger partial charge on any atom is 0.0599 e. The summed E-state index contributed by atoms with van der Waals surface area (Å²) in [7, 11) is 0. The average Bonchev–Trinajstić information content (AvgIpc) is 2.18. The summed E-state index contributed by atoms with van der Waals surface area (Å²) in [5.74, 6) is 0.624. The fourth-order valence-electron chi connectivity index (χ4n) is 2.36. The Hall–Kier alpha value is 0.470. The molecule has 0 aliphatic heterocycles. The van der Waals surface area contributed by atoms with Gasteiger partial charge in [0.05, 0.1) is 5.38 Å². The third-order valence-corrected chi connectivity index (χ3v) is 4.49. The third kappa shape index (κ3) is 5.63. The summed E-state index contributed by atoms with van der Waals surface area (Å²) >= 11 is 13.6. The van der Waals surface area contributed by atoms with Crippen LogP contribution in [0.15, 0.2) is 27.1 Å². The summed E-state index contributed by atoms with van der Waals surface area (Å²) in [5.41, 5.74) is 1.54. The van der Waals surface area contributed by atoms with Crippen LogP contribution < -0.4 is 0 Å². The van der Waals surface area contributed by atoms with E-state index in [-0.39, 0.29) is 5.38 Å². The average molecular weight is 397 g/mol. The summed E-state index contributed by atoms with van der Waals surface area (Å²) in [6.45, 7) is 9.12. The zero-order valence-corrected chi connectivity index (χ0v) is 15.4. The van der Waals surface area contributed by atoms with Crippen molar-refractivity contribution < 1.29 is 0 Å². The van der Waals surface area contributed by atoms with Crippen molar-refractivity contribution in [1.29, 1.82) is 0 Å². The first-order chi connectivity index (χ1) is 8.19. The van der Waals surface area contributed by atoms with Crippen LogP contribution in [0, 0.1) is 11.3 Å². The molecule has 0 nitrogen and oxygen atoms in total. The Morgan fingerprint density at radius 1 is 1.22 bits per heavy atom. The standard InChI is InChI=1S/C15H21Br2Cl/c1-10(9-15(2,3)4)7-14(18)12-8-11(16)5-6-13(12)17/h5-6,8,10,14H,7,9H2,1-4H3. The minimum absolute atomic E-state index is 0.0641. The van der Waals surface area contributed by atoms with Crippen LogP contribution in [0.1, 0.15) is 51.5 Å². The van der Waals surface area contributed by atoms with Gasteiger partial charge >= 0.3 is 0 Å². The summed E-state index contributed by atoms with van der Waals surface area (Å²) in [5, 5.41) is 0.0641. The van der Waals surface area contributed by atoms with E-state index in [9.17, 15) is 0 Å². The van der Waals surface area contributed by atoms with Crippen molar-refractivity contribution in [3.05, 3.63) is 32.7 Å². The molecule has 1 aromatic carbocycles. The lowest BCUT2D eigenvalue weighted by molar-refractivity contribution is 0.295. The van der Waals surface area contributed by atoms with Gasteiger partial charge in [-0.2, -0.15) is 0 Å². The van der Waals surface area contributed by atoms with E-state index < -0.39 is 0 Å². The normalized spacial score (nSPS) is 15.5. The first-order valence-corrected chi connectivity index (χ1v) is 8.30. The molecule has 0 spiro atoms. The molecule has 1 rings (SSSR count). The summed E-state index contributed by atoms with van der Waals surface area (Å²) in [6, 6.07) is 6.17. The van der Waals surface area contributed by atoms with E-state index >= 15 is 0 Å². The fourth-order valence-corrected chi connectivity index (χ4v) is 3.88. The quantitative estimate of drug-likeness (QED) is 0.483. The lowest BCUT2D eigenvalue weighted by Gasteiger charge is -2.25. The molecule has 18 heavy (non-hydrogen) atoms.